The monoisotopic (exact) mass is 393 g/mol. The van der Waals surface area contributed by atoms with Gasteiger partial charge in [-0.1, -0.05) is 30.3 Å². The second-order valence-corrected chi connectivity index (χ2v) is 7.07. The van der Waals surface area contributed by atoms with Crippen molar-refractivity contribution in [2.45, 2.75) is 13.5 Å². The molecule has 1 aliphatic heterocycles. The number of hydrogen-bond acceptors (Lipinski definition) is 6. The van der Waals surface area contributed by atoms with E-state index in [2.05, 4.69) is 27.1 Å². The van der Waals surface area contributed by atoms with Crippen LogP contribution in [0.5, 0.6) is 0 Å². The second-order valence-electron chi connectivity index (χ2n) is 7.07. The predicted molar refractivity (Wildman–Crippen MR) is 106 cm³/mol. The van der Waals surface area contributed by atoms with E-state index in [9.17, 15) is 9.59 Å². The SMILES string of the molecule is Cc1nn2cccnc2c1C(=O)OCC(=O)N1CCN(Cc2ccccc2)CC1. The number of aromatic nitrogens is 3. The summed E-state index contributed by atoms with van der Waals surface area (Å²) in [5.74, 6) is -0.757. The van der Waals surface area contributed by atoms with Gasteiger partial charge in [0.25, 0.3) is 5.91 Å². The lowest BCUT2D eigenvalue weighted by atomic mass is 10.2. The Morgan fingerprint density at radius 2 is 1.83 bits per heavy atom. The molecule has 1 saturated heterocycles. The highest BCUT2D eigenvalue weighted by atomic mass is 16.5. The van der Waals surface area contributed by atoms with Crippen molar-refractivity contribution >= 4 is 17.5 Å². The highest BCUT2D eigenvalue weighted by molar-refractivity contribution is 5.98. The molecule has 29 heavy (non-hydrogen) atoms. The quantitative estimate of drug-likeness (QED) is 0.612. The van der Waals surface area contributed by atoms with Gasteiger partial charge in [0, 0.05) is 45.1 Å². The van der Waals surface area contributed by atoms with Crippen molar-refractivity contribution in [3.63, 3.8) is 0 Å². The first kappa shape index (κ1) is 19.1. The lowest BCUT2D eigenvalue weighted by Gasteiger charge is -2.34. The Bertz CT molecular complexity index is 1010. The lowest BCUT2D eigenvalue weighted by Crippen LogP contribution is -2.49. The minimum Gasteiger partial charge on any atom is -0.452 e. The molecule has 0 atom stereocenters. The molecule has 4 rings (SSSR count). The number of aryl methyl sites for hydroxylation is 1. The zero-order chi connectivity index (χ0) is 20.2. The van der Waals surface area contributed by atoms with E-state index in [1.54, 1.807) is 30.3 Å². The van der Waals surface area contributed by atoms with Crippen LogP contribution in [0.25, 0.3) is 5.65 Å². The highest BCUT2D eigenvalue weighted by Gasteiger charge is 2.24. The van der Waals surface area contributed by atoms with Crippen LogP contribution in [0.15, 0.2) is 48.8 Å². The molecule has 0 bridgehead atoms. The molecule has 3 aromatic rings. The molecule has 0 unspecified atom stereocenters. The fourth-order valence-corrected chi connectivity index (χ4v) is 3.52. The van der Waals surface area contributed by atoms with E-state index in [-0.39, 0.29) is 12.5 Å². The second kappa shape index (κ2) is 8.40. The number of rotatable bonds is 5. The van der Waals surface area contributed by atoms with Gasteiger partial charge in [0.15, 0.2) is 12.3 Å². The largest absolute Gasteiger partial charge is 0.452 e. The highest BCUT2D eigenvalue weighted by Crippen LogP contribution is 2.14. The number of esters is 1. The number of nitrogens with zero attached hydrogens (tertiary/aromatic N) is 5. The normalized spacial score (nSPS) is 14.9. The fraction of sp³-hybridized carbons (Fsp3) is 0.333. The van der Waals surface area contributed by atoms with Crippen LogP contribution in [0, 0.1) is 6.92 Å². The molecule has 0 N–H and O–H groups in total. The van der Waals surface area contributed by atoms with Crippen LogP contribution < -0.4 is 0 Å². The maximum atomic E-state index is 12.5. The Kier molecular flexibility index (Phi) is 5.53. The van der Waals surface area contributed by atoms with Crippen LogP contribution in [-0.2, 0) is 16.1 Å². The molecular weight excluding hydrogens is 370 g/mol. The molecule has 1 aromatic carbocycles. The van der Waals surface area contributed by atoms with E-state index in [0.717, 1.165) is 19.6 Å². The Morgan fingerprint density at radius 3 is 2.59 bits per heavy atom. The number of benzene rings is 1. The van der Waals surface area contributed by atoms with Gasteiger partial charge < -0.3 is 9.64 Å². The van der Waals surface area contributed by atoms with Crippen molar-refractivity contribution in [3.8, 4) is 0 Å². The Labute approximate surface area is 168 Å². The van der Waals surface area contributed by atoms with Gasteiger partial charge in [-0.25, -0.2) is 14.3 Å². The lowest BCUT2D eigenvalue weighted by molar-refractivity contribution is -0.136. The number of carbonyl (C=O) groups excluding carboxylic acids is 2. The van der Waals surface area contributed by atoms with E-state index in [1.165, 1.54) is 10.1 Å². The summed E-state index contributed by atoms with van der Waals surface area (Å²) >= 11 is 0. The van der Waals surface area contributed by atoms with Crippen LogP contribution in [0.3, 0.4) is 0 Å². The van der Waals surface area contributed by atoms with Crippen LogP contribution in [0.4, 0.5) is 0 Å². The fourth-order valence-electron chi connectivity index (χ4n) is 3.52. The average Bonchev–Trinajstić information content (AvgIpc) is 3.09. The van der Waals surface area contributed by atoms with E-state index in [4.69, 9.17) is 4.74 Å². The molecule has 0 spiro atoms. The van der Waals surface area contributed by atoms with Crippen molar-refractivity contribution < 1.29 is 14.3 Å². The molecule has 2 aromatic heterocycles. The summed E-state index contributed by atoms with van der Waals surface area (Å²) in [4.78, 5) is 33.2. The summed E-state index contributed by atoms with van der Waals surface area (Å²) in [6.45, 7) is 5.16. The van der Waals surface area contributed by atoms with Crippen LogP contribution in [0.1, 0.15) is 21.6 Å². The Balaban J connectivity index is 1.29. The van der Waals surface area contributed by atoms with Crippen molar-refractivity contribution in [2.24, 2.45) is 0 Å². The first-order chi connectivity index (χ1) is 14.1. The molecular formula is C21H23N5O3. The summed E-state index contributed by atoms with van der Waals surface area (Å²) in [6.07, 6.45) is 3.31. The molecule has 0 aliphatic carbocycles. The first-order valence-electron chi connectivity index (χ1n) is 9.63. The number of carbonyl (C=O) groups is 2. The molecule has 0 saturated carbocycles. The van der Waals surface area contributed by atoms with E-state index in [0.29, 0.717) is 30.0 Å². The van der Waals surface area contributed by atoms with E-state index in [1.807, 2.05) is 18.2 Å². The summed E-state index contributed by atoms with van der Waals surface area (Å²) in [7, 11) is 0. The van der Waals surface area contributed by atoms with Crippen LogP contribution in [-0.4, -0.2) is 69.1 Å². The van der Waals surface area contributed by atoms with Gasteiger partial charge in [0.2, 0.25) is 0 Å². The summed E-state index contributed by atoms with van der Waals surface area (Å²) in [5, 5.41) is 4.25. The van der Waals surface area contributed by atoms with Crippen LogP contribution in [0.2, 0.25) is 0 Å². The Morgan fingerprint density at radius 1 is 1.07 bits per heavy atom. The molecule has 8 heteroatoms. The first-order valence-corrected chi connectivity index (χ1v) is 9.63. The molecule has 0 radical (unpaired) electrons. The number of fused-ring (bicyclic) bond motifs is 1. The average molecular weight is 393 g/mol. The number of amides is 1. The van der Waals surface area contributed by atoms with E-state index < -0.39 is 5.97 Å². The van der Waals surface area contributed by atoms with E-state index >= 15 is 0 Å². The smallest absolute Gasteiger partial charge is 0.344 e. The molecule has 8 nitrogen and oxygen atoms in total. The zero-order valence-electron chi connectivity index (χ0n) is 16.3. The minimum absolute atomic E-state index is 0.181. The van der Waals surface area contributed by atoms with Crippen molar-refractivity contribution in [1.82, 2.24) is 24.4 Å². The summed E-state index contributed by atoms with van der Waals surface area (Å²) < 4.78 is 6.80. The van der Waals surface area contributed by atoms with Crippen molar-refractivity contribution in [3.05, 3.63) is 65.6 Å². The van der Waals surface area contributed by atoms with Gasteiger partial charge in [-0.05, 0) is 18.6 Å². The van der Waals surface area contributed by atoms with Crippen molar-refractivity contribution in [2.75, 3.05) is 32.8 Å². The topological polar surface area (TPSA) is 80.0 Å². The summed E-state index contributed by atoms with van der Waals surface area (Å²) in [6, 6.07) is 12.0. The molecule has 1 amide bonds. The Hall–Kier alpha value is -3.26. The van der Waals surface area contributed by atoms with Gasteiger partial charge in [-0.3, -0.25) is 9.69 Å². The van der Waals surface area contributed by atoms with Gasteiger partial charge in [-0.15, -0.1) is 0 Å². The third kappa shape index (κ3) is 4.27. The number of hydrogen-bond donors (Lipinski definition) is 0. The van der Waals surface area contributed by atoms with Gasteiger partial charge >= 0.3 is 5.97 Å². The standard InChI is InChI=1S/C21H23N5O3/c1-16-19(20-22-8-5-9-26(20)23-16)21(28)29-15-18(27)25-12-10-24(11-13-25)14-17-6-3-2-4-7-17/h2-9H,10-15H2,1H3. The molecule has 1 fully saturated rings. The third-order valence-electron chi connectivity index (χ3n) is 5.08. The van der Waals surface area contributed by atoms with Gasteiger partial charge in [0.1, 0.15) is 5.56 Å². The maximum Gasteiger partial charge on any atom is 0.344 e. The molecule has 1 aliphatic rings. The van der Waals surface area contributed by atoms with Gasteiger partial charge in [0.05, 0.1) is 5.69 Å². The maximum absolute atomic E-state index is 12.5. The number of ether oxygens (including phenoxy) is 1. The number of piperazine rings is 1. The minimum atomic E-state index is -0.577. The third-order valence-corrected chi connectivity index (χ3v) is 5.08. The van der Waals surface area contributed by atoms with Crippen LogP contribution >= 0.6 is 0 Å². The summed E-state index contributed by atoms with van der Waals surface area (Å²) in [5.41, 5.74) is 2.51. The molecule has 3 heterocycles. The molecule has 150 valence electrons. The van der Waals surface area contributed by atoms with Gasteiger partial charge in [-0.2, -0.15) is 5.10 Å². The van der Waals surface area contributed by atoms with Crippen molar-refractivity contribution in [1.29, 1.82) is 0 Å². The predicted octanol–water partition coefficient (Wildman–Crippen LogP) is 1.54. The zero-order valence-corrected chi connectivity index (χ0v) is 16.3.